The number of hydrogen-bond acceptors (Lipinski definition) is 3. The predicted octanol–water partition coefficient (Wildman–Crippen LogP) is 4.93. The summed E-state index contributed by atoms with van der Waals surface area (Å²) in [5.41, 5.74) is 2.38. The van der Waals surface area contributed by atoms with Crippen LogP contribution in [0.25, 0.3) is 10.9 Å². The van der Waals surface area contributed by atoms with Crippen molar-refractivity contribution in [1.29, 1.82) is 0 Å². The monoisotopic (exact) mass is 405 g/mol. The maximum atomic E-state index is 12.5. The van der Waals surface area contributed by atoms with Crippen molar-refractivity contribution in [3.05, 3.63) is 68.8 Å². The Hall–Kier alpha value is -2.11. The van der Waals surface area contributed by atoms with Crippen molar-refractivity contribution < 1.29 is 14.3 Å². The van der Waals surface area contributed by atoms with Crippen LogP contribution in [-0.4, -0.2) is 23.3 Å². The largest absolute Gasteiger partial charge is 0.454 e. The van der Waals surface area contributed by atoms with E-state index in [9.17, 15) is 9.59 Å². The molecule has 0 aliphatic carbocycles. The molecular weight excluding hydrogens is 394 g/mol. The van der Waals surface area contributed by atoms with Crippen LogP contribution in [0.2, 0.25) is 5.02 Å². The number of Topliss-reactive ketones (excluding diaryl/α,β-unsaturated/α-hetero) is 1. The molecule has 0 aliphatic rings. The number of ether oxygens (including phenoxy) is 1. The smallest absolute Gasteiger partial charge is 0.340 e. The van der Waals surface area contributed by atoms with Crippen molar-refractivity contribution >= 4 is 50.2 Å². The second kappa shape index (κ2) is 6.79. The fraction of sp³-hybridized carbons (Fsp3) is 0.111. The molecule has 0 saturated heterocycles. The van der Waals surface area contributed by atoms with E-state index >= 15 is 0 Å². The third kappa shape index (κ3) is 3.23. The van der Waals surface area contributed by atoms with Gasteiger partial charge >= 0.3 is 5.97 Å². The minimum atomic E-state index is -0.632. The lowest BCUT2D eigenvalue weighted by Gasteiger charge is -2.06. The second-order valence-electron chi connectivity index (χ2n) is 5.29. The van der Waals surface area contributed by atoms with Gasteiger partial charge in [-0.25, -0.2) is 4.79 Å². The minimum Gasteiger partial charge on any atom is -0.454 e. The summed E-state index contributed by atoms with van der Waals surface area (Å²) in [6, 6.07) is 12.4. The number of H-pyrrole nitrogens is 1. The Balaban J connectivity index is 1.79. The number of hydrogen-bond donors (Lipinski definition) is 1. The van der Waals surface area contributed by atoms with Crippen molar-refractivity contribution in [1.82, 2.24) is 4.98 Å². The molecular formula is C18H13BrClNO3. The van der Waals surface area contributed by atoms with Gasteiger partial charge in [0, 0.05) is 26.6 Å². The maximum absolute atomic E-state index is 12.5. The summed E-state index contributed by atoms with van der Waals surface area (Å²) in [6.45, 7) is 1.48. The number of para-hydroxylation sites is 1. The van der Waals surface area contributed by atoms with Crippen LogP contribution >= 0.6 is 27.5 Å². The van der Waals surface area contributed by atoms with Gasteiger partial charge in [-0.05, 0) is 31.2 Å². The number of ketones is 1. The Morgan fingerprint density at radius 2 is 1.96 bits per heavy atom. The fourth-order valence-corrected chi connectivity index (χ4v) is 3.13. The standard InChI is InChI=1S/C18H13BrClNO3/c1-10-17(12-4-2-3-5-15(12)21-10)16(22)9-24-18(23)13-8-11(19)6-7-14(13)20/h2-8,21H,9H2,1H3. The molecule has 0 amide bonds. The van der Waals surface area contributed by atoms with Crippen molar-refractivity contribution in [2.75, 3.05) is 6.61 Å². The Morgan fingerprint density at radius 1 is 1.21 bits per heavy atom. The lowest BCUT2D eigenvalue weighted by Crippen LogP contribution is -2.15. The summed E-state index contributed by atoms with van der Waals surface area (Å²) in [6.07, 6.45) is 0. The number of halogens is 2. The van der Waals surface area contributed by atoms with Gasteiger partial charge in [0.25, 0.3) is 0 Å². The molecule has 1 N–H and O–H groups in total. The Kier molecular flexibility index (Phi) is 4.73. The molecule has 6 heteroatoms. The molecule has 1 aromatic heterocycles. The van der Waals surface area contributed by atoms with E-state index < -0.39 is 5.97 Å². The van der Waals surface area contributed by atoms with Gasteiger partial charge in [-0.3, -0.25) is 4.79 Å². The van der Waals surface area contributed by atoms with Gasteiger partial charge in [0.05, 0.1) is 10.6 Å². The summed E-state index contributed by atoms with van der Waals surface area (Å²) in [5, 5.41) is 1.09. The molecule has 122 valence electrons. The number of fused-ring (bicyclic) bond motifs is 1. The van der Waals surface area contributed by atoms with Gasteiger partial charge < -0.3 is 9.72 Å². The topological polar surface area (TPSA) is 59.2 Å². The zero-order valence-electron chi connectivity index (χ0n) is 12.7. The third-order valence-corrected chi connectivity index (χ3v) is 4.48. The molecule has 0 bridgehead atoms. The van der Waals surface area contributed by atoms with Crippen LogP contribution in [0.15, 0.2) is 46.9 Å². The molecule has 0 fully saturated rings. The van der Waals surface area contributed by atoms with Gasteiger partial charge in [0.2, 0.25) is 5.78 Å². The average molecular weight is 407 g/mol. The first-order chi connectivity index (χ1) is 11.5. The quantitative estimate of drug-likeness (QED) is 0.493. The van der Waals surface area contributed by atoms with Gasteiger partial charge in [-0.2, -0.15) is 0 Å². The molecule has 3 aromatic rings. The van der Waals surface area contributed by atoms with Crippen molar-refractivity contribution in [2.24, 2.45) is 0 Å². The number of carbonyl (C=O) groups excluding carboxylic acids is 2. The maximum Gasteiger partial charge on any atom is 0.340 e. The summed E-state index contributed by atoms with van der Waals surface area (Å²) in [5.74, 6) is -0.892. The lowest BCUT2D eigenvalue weighted by molar-refractivity contribution is 0.0475. The number of benzene rings is 2. The molecule has 2 aromatic carbocycles. The first-order valence-corrected chi connectivity index (χ1v) is 8.37. The average Bonchev–Trinajstić information content (AvgIpc) is 2.90. The Morgan fingerprint density at radius 3 is 2.75 bits per heavy atom. The van der Waals surface area contributed by atoms with Gasteiger partial charge in [0.15, 0.2) is 6.61 Å². The van der Waals surface area contributed by atoms with Crippen LogP contribution in [0.5, 0.6) is 0 Å². The van der Waals surface area contributed by atoms with Crippen LogP contribution in [0.1, 0.15) is 26.4 Å². The SMILES string of the molecule is Cc1[nH]c2ccccc2c1C(=O)COC(=O)c1cc(Br)ccc1Cl. The third-order valence-electron chi connectivity index (χ3n) is 3.66. The van der Waals surface area contributed by atoms with E-state index in [0.717, 1.165) is 16.6 Å². The summed E-state index contributed by atoms with van der Waals surface area (Å²) < 4.78 is 5.85. The first-order valence-electron chi connectivity index (χ1n) is 7.20. The molecule has 24 heavy (non-hydrogen) atoms. The number of aromatic amines is 1. The van der Waals surface area contributed by atoms with E-state index in [1.54, 1.807) is 18.2 Å². The number of rotatable bonds is 4. The minimum absolute atomic E-state index is 0.217. The highest BCUT2D eigenvalue weighted by Crippen LogP contribution is 2.24. The molecule has 1 heterocycles. The highest BCUT2D eigenvalue weighted by atomic mass is 79.9. The van der Waals surface area contributed by atoms with E-state index in [1.807, 2.05) is 31.2 Å². The zero-order chi connectivity index (χ0) is 17.3. The molecule has 0 saturated carbocycles. The zero-order valence-corrected chi connectivity index (χ0v) is 15.1. The molecule has 4 nitrogen and oxygen atoms in total. The fourth-order valence-electron chi connectivity index (χ4n) is 2.57. The number of carbonyl (C=O) groups is 2. The van der Waals surface area contributed by atoms with Crippen LogP contribution in [0, 0.1) is 6.92 Å². The van der Waals surface area contributed by atoms with E-state index in [0.29, 0.717) is 10.0 Å². The highest BCUT2D eigenvalue weighted by molar-refractivity contribution is 9.10. The molecule has 0 spiro atoms. The van der Waals surface area contributed by atoms with Crippen molar-refractivity contribution in [3.8, 4) is 0 Å². The number of aryl methyl sites for hydroxylation is 1. The number of nitrogens with one attached hydrogen (secondary N) is 1. The van der Waals surface area contributed by atoms with Gasteiger partial charge in [-0.15, -0.1) is 0 Å². The van der Waals surface area contributed by atoms with Crippen LogP contribution in [0.4, 0.5) is 0 Å². The number of aromatic nitrogens is 1. The molecule has 0 radical (unpaired) electrons. The van der Waals surface area contributed by atoms with E-state index in [1.165, 1.54) is 0 Å². The summed E-state index contributed by atoms with van der Waals surface area (Å²) in [7, 11) is 0. The second-order valence-corrected chi connectivity index (χ2v) is 6.62. The normalized spacial score (nSPS) is 10.8. The van der Waals surface area contributed by atoms with E-state index in [4.69, 9.17) is 16.3 Å². The van der Waals surface area contributed by atoms with E-state index in [2.05, 4.69) is 20.9 Å². The van der Waals surface area contributed by atoms with E-state index in [-0.39, 0.29) is 23.0 Å². The molecule has 3 rings (SSSR count). The number of esters is 1. The molecule has 0 aliphatic heterocycles. The van der Waals surface area contributed by atoms with Crippen molar-refractivity contribution in [2.45, 2.75) is 6.92 Å². The Labute approximate surface area is 151 Å². The van der Waals surface area contributed by atoms with Crippen LogP contribution in [0.3, 0.4) is 0 Å². The van der Waals surface area contributed by atoms with Crippen LogP contribution < -0.4 is 0 Å². The van der Waals surface area contributed by atoms with Crippen LogP contribution in [-0.2, 0) is 4.74 Å². The first kappa shape index (κ1) is 16.7. The predicted molar refractivity (Wildman–Crippen MR) is 96.8 cm³/mol. The highest BCUT2D eigenvalue weighted by Gasteiger charge is 2.19. The lowest BCUT2D eigenvalue weighted by atomic mass is 10.1. The summed E-state index contributed by atoms with van der Waals surface area (Å²) >= 11 is 9.27. The van der Waals surface area contributed by atoms with Crippen molar-refractivity contribution in [3.63, 3.8) is 0 Å². The molecule has 0 atom stereocenters. The molecule has 0 unspecified atom stereocenters. The van der Waals surface area contributed by atoms with Gasteiger partial charge in [0.1, 0.15) is 0 Å². The van der Waals surface area contributed by atoms with Gasteiger partial charge in [-0.1, -0.05) is 45.7 Å². The Bertz CT molecular complexity index is 949. The summed E-state index contributed by atoms with van der Waals surface area (Å²) in [4.78, 5) is 27.8.